The van der Waals surface area contributed by atoms with Crippen LogP contribution < -0.4 is 0 Å². The van der Waals surface area contributed by atoms with Gasteiger partial charge in [-0.05, 0) is 25.0 Å². The Labute approximate surface area is 87.0 Å². The van der Waals surface area contributed by atoms with Crippen LogP contribution in [0.3, 0.4) is 0 Å². The third-order valence-electron chi connectivity index (χ3n) is 2.86. The summed E-state index contributed by atoms with van der Waals surface area (Å²) in [6, 6.07) is 6.97. The van der Waals surface area contributed by atoms with E-state index in [1.807, 2.05) is 6.08 Å². The molecule has 3 heteroatoms. The molecule has 3 nitrogen and oxygen atoms in total. The van der Waals surface area contributed by atoms with Crippen molar-refractivity contribution in [3.8, 4) is 0 Å². The smallest absolute Gasteiger partial charge is 0.265 e. The van der Waals surface area contributed by atoms with Gasteiger partial charge in [-0.2, -0.15) is 0 Å². The molecule has 1 aromatic rings. The van der Waals surface area contributed by atoms with Crippen molar-refractivity contribution in [1.82, 2.24) is 4.90 Å². The number of benzene rings is 1. The van der Waals surface area contributed by atoms with Gasteiger partial charge in [-0.1, -0.05) is 18.2 Å². The third-order valence-corrected chi connectivity index (χ3v) is 2.86. The van der Waals surface area contributed by atoms with Gasteiger partial charge in [0.25, 0.3) is 11.8 Å². The van der Waals surface area contributed by atoms with Crippen molar-refractivity contribution in [2.24, 2.45) is 0 Å². The number of nitrogens with zero attached hydrogens (tertiary/aromatic N) is 1. The largest absolute Gasteiger partial charge is 0.268 e. The van der Waals surface area contributed by atoms with Crippen LogP contribution in [0.15, 0.2) is 36.0 Å². The first kappa shape index (κ1) is 8.41. The first-order chi connectivity index (χ1) is 7.29. The molecule has 0 unspecified atom stereocenters. The van der Waals surface area contributed by atoms with Gasteiger partial charge in [-0.3, -0.25) is 9.59 Å². The van der Waals surface area contributed by atoms with Gasteiger partial charge < -0.3 is 0 Å². The minimum atomic E-state index is -0.179. The van der Waals surface area contributed by atoms with Gasteiger partial charge in [0.15, 0.2) is 0 Å². The fraction of sp³-hybridized carbons (Fsp3) is 0.167. The van der Waals surface area contributed by atoms with Crippen LogP contribution in [0.5, 0.6) is 0 Å². The summed E-state index contributed by atoms with van der Waals surface area (Å²) in [7, 11) is 0. The minimum Gasteiger partial charge on any atom is -0.268 e. The molecule has 1 aromatic carbocycles. The van der Waals surface area contributed by atoms with Gasteiger partial charge in [0.2, 0.25) is 0 Å². The molecule has 0 saturated heterocycles. The zero-order valence-corrected chi connectivity index (χ0v) is 8.06. The van der Waals surface area contributed by atoms with E-state index in [0.29, 0.717) is 11.1 Å². The Morgan fingerprint density at radius 1 is 1.00 bits per heavy atom. The second kappa shape index (κ2) is 2.79. The summed E-state index contributed by atoms with van der Waals surface area (Å²) in [5, 5.41) is 0. The maximum atomic E-state index is 11.9. The van der Waals surface area contributed by atoms with E-state index in [1.54, 1.807) is 24.3 Å². The van der Waals surface area contributed by atoms with E-state index in [2.05, 4.69) is 0 Å². The average Bonchev–Trinajstić information content (AvgIpc) is 2.42. The molecule has 15 heavy (non-hydrogen) atoms. The fourth-order valence-corrected chi connectivity index (χ4v) is 1.93. The van der Waals surface area contributed by atoms with Gasteiger partial charge in [0.1, 0.15) is 0 Å². The molecular formula is C12H9NO2. The number of allylic oxidation sites excluding steroid dienone is 2. The molecule has 0 bridgehead atoms. The van der Waals surface area contributed by atoms with Gasteiger partial charge in [-0.25, -0.2) is 4.90 Å². The number of carbonyl (C=O) groups is 2. The van der Waals surface area contributed by atoms with Crippen LogP contribution in [0.4, 0.5) is 0 Å². The van der Waals surface area contributed by atoms with Crippen molar-refractivity contribution in [3.63, 3.8) is 0 Å². The highest BCUT2D eigenvalue weighted by atomic mass is 16.2. The second-order valence-corrected chi connectivity index (χ2v) is 3.73. The standard InChI is InChI=1S/C12H9NO2/c14-11-9-6-1-2-7-10(9)12(15)13(11)8-4-3-5-8/h1-2,4,6-7H,3,5H2. The van der Waals surface area contributed by atoms with E-state index in [-0.39, 0.29) is 11.8 Å². The van der Waals surface area contributed by atoms with Crippen LogP contribution in [0.25, 0.3) is 0 Å². The molecular weight excluding hydrogens is 190 g/mol. The van der Waals surface area contributed by atoms with Gasteiger partial charge in [0, 0.05) is 5.70 Å². The normalized spacial score (nSPS) is 18.7. The molecule has 0 radical (unpaired) electrons. The Kier molecular flexibility index (Phi) is 1.57. The van der Waals surface area contributed by atoms with E-state index in [4.69, 9.17) is 0 Å². The SMILES string of the molecule is O=C1c2ccccc2C(=O)N1C1=CCC1. The van der Waals surface area contributed by atoms with E-state index in [0.717, 1.165) is 18.5 Å². The van der Waals surface area contributed by atoms with Gasteiger partial charge in [-0.15, -0.1) is 0 Å². The predicted octanol–water partition coefficient (Wildman–Crippen LogP) is 1.96. The molecule has 0 saturated carbocycles. The monoisotopic (exact) mass is 199 g/mol. The molecule has 2 amide bonds. The lowest BCUT2D eigenvalue weighted by atomic mass is 10.1. The lowest BCUT2D eigenvalue weighted by molar-refractivity contribution is 0.0693. The van der Waals surface area contributed by atoms with Crippen LogP contribution >= 0.6 is 0 Å². The van der Waals surface area contributed by atoms with Crippen molar-refractivity contribution < 1.29 is 9.59 Å². The summed E-state index contributed by atoms with van der Waals surface area (Å²) in [5.41, 5.74) is 1.90. The van der Waals surface area contributed by atoms with Crippen molar-refractivity contribution in [1.29, 1.82) is 0 Å². The topological polar surface area (TPSA) is 37.4 Å². The Morgan fingerprint density at radius 3 is 1.93 bits per heavy atom. The first-order valence-electron chi connectivity index (χ1n) is 4.96. The molecule has 0 fully saturated rings. The molecule has 74 valence electrons. The summed E-state index contributed by atoms with van der Waals surface area (Å²) in [6.45, 7) is 0. The fourth-order valence-electron chi connectivity index (χ4n) is 1.93. The van der Waals surface area contributed by atoms with Crippen LogP contribution in [0, 0.1) is 0 Å². The molecule has 0 aromatic heterocycles. The lowest BCUT2D eigenvalue weighted by Gasteiger charge is -2.22. The maximum Gasteiger partial charge on any atom is 0.265 e. The molecule has 0 atom stereocenters. The molecule has 0 spiro atoms. The average molecular weight is 199 g/mol. The molecule has 2 aliphatic rings. The number of carbonyl (C=O) groups excluding carboxylic acids is 2. The van der Waals surface area contributed by atoms with Crippen LogP contribution in [0.2, 0.25) is 0 Å². The molecule has 1 aliphatic heterocycles. The lowest BCUT2D eigenvalue weighted by Crippen LogP contribution is -2.31. The highest BCUT2D eigenvalue weighted by Gasteiger charge is 2.38. The number of amides is 2. The summed E-state index contributed by atoms with van der Waals surface area (Å²) < 4.78 is 0. The quantitative estimate of drug-likeness (QED) is 0.648. The van der Waals surface area contributed by atoms with Crippen LogP contribution in [-0.2, 0) is 0 Å². The van der Waals surface area contributed by atoms with Gasteiger partial charge in [0.05, 0.1) is 11.1 Å². The predicted molar refractivity (Wildman–Crippen MR) is 54.3 cm³/mol. The number of rotatable bonds is 1. The summed E-state index contributed by atoms with van der Waals surface area (Å²) in [4.78, 5) is 25.1. The van der Waals surface area contributed by atoms with E-state index >= 15 is 0 Å². The minimum absolute atomic E-state index is 0.179. The van der Waals surface area contributed by atoms with Crippen molar-refractivity contribution in [2.75, 3.05) is 0 Å². The Morgan fingerprint density at radius 2 is 1.53 bits per heavy atom. The van der Waals surface area contributed by atoms with Crippen molar-refractivity contribution in [3.05, 3.63) is 47.2 Å². The third kappa shape index (κ3) is 1.00. The number of hydrogen-bond acceptors (Lipinski definition) is 2. The molecule has 0 N–H and O–H groups in total. The number of imide groups is 1. The zero-order valence-electron chi connectivity index (χ0n) is 8.06. The summed E-state index contributed by atoms with van der Waals surface area (Å²) in [6.07, 6.45) is 3.72. The molecule has 3 rings (SSSR count). The second-order valence-electron chi connectivity index (χ2n) is 3.73. The van der Waals surface area contributed by atoms with E-state index in [9.17, 15) is 9.59 Å². The van der Waals surface area contributed by atoms with Crippen molar-refractivity contribution in [2.45, 2.75) is 12.8 Å². The number of hydrogen-bond donors (Lipinski definition) is 0. The number of fused-ring (bicyclic) bond motifs is 1. The highest BCUT2D eigenvalue weighted by molar-refractivity contribution is 6.22. The zero-order chi connectivity index (χ0) is 10.4. The van der Waals surface area contributed by atoms with E-state index in [1.165, 1.54) is 4.90 Å². The van der Waals surface area contributed by atoms with Crippen LogP contribution in [0.1, 0.15) is 33.6 Å². The first-order valence-corrected chi connectivity index (χ1v) is 4.96. The Balaban J connectivity index is 2.12. The Hall–Kier alpha value is -1.90. The van der Waals surface area contributed by atoms with Gasteiger partial charge >= 0.3 is 0 Å². The Bertz CT molecular complexity index is 467. The molecule has 1 aliphatic carbocycles. The summed E-state index contributed by atoms with van der Waals surface area (Å²) >= 11 is 0. The summed E-state index contributed by atoms with van der Waals surface area (Å²) in [5.74, 6) is -0.358. The van der Waals surface area contributed by atoms with Crippen LogP contribution in [-0.4, -0.2) is 16.7 Å². The van der Waals surface area contributed by atoms with Crippen molar-refractivity contribution >= 4 is 11.8 Å². The maximum absolute atomic E-state index is 11.9. The highest BCUT2D eigenvalue weighted by Crippen LogP contribution is 2.31. The molecule has 1 heterocycles. The van der Waals surface area contributed by atoms with E-state index < -0.39 is 0 Å².